The fraction of sp³-hybridized carbons (Fsp3) is 0.429. The minimum absolute atomic E-state index is 0.418. The minimum atomic E-state index is 0.418. The van der Waals surface area contributed by atoms with E-state index >= 15 is 0 Å². The van der Waals surface area contributed by atoms with Crippen LogP contribution in [0, 0.1) is 6.92 Å². The zero-order valence-electron chi connectivity index (χ0n) is 9.93. The van der Waals surface area contributed by atoms with Gasteiger partial charge in [-0.3, -0.25) is 0 Å². The minimum Gasteiger partial charge on any atom is -0.508 e. The predicted octanol–water partition coefficient (Wildman–Crippen LogP) is 3.77. The third kappa shape index (κ3) is 3.12. The molecule has 82 valence electrons. The topological polar surface area (TPSA) is 20.2 Å². The lowest BCUT2D eigenvalue weighted by atomic mass is 9.95. The van der Waals surface area contributed by atoms with Crippen molar-refractivity contribution >= 4 is 0 Å². The lowest BCUT2D eigenvalue weighted by Gasteiger charge is -2.12. The molecule has 15 heavy (non-hydrogen) atoms. The van der Waals surface area contributed by atoms with E-state index in [4.69, 9.17) is 0 Å². The van der Waals surface area contributed by atoms with Crippen LogP contribution >= 0.6 is 0 Å². The first-order valence-electron chi connectivity index (χ1n) is 5.50. The van der Waals surface area contributed by atoms with Gasteiger partial charge >= 0.3 is 0 Å². The molecule has 1 heteroatoms. The highest BCUT2D eigenvalue weighted by atomic mass is 16.3. The summed E-state index contributed by atoms with van der Waals surface area (Å²) in [4.78, 5) is 0. The Balaban J connectivity index is 3.14. The second kappa shape index (κ2) is 5.01. The summed E-state index contributed by atoms with van der Waals surface area (Å²) in [5, 5.41) is 9.91. The Hall–Kier alpha value is -1.24. The molecule has 0 unspecified atom stereocenters. The molecule has 1 nitrogen and oxygen atoms in total. The Labute approximate surface area is 92.5 Å². The van der Waals surface area contributed by atoms with E-state index in [0.717, 1.165) is 36.0 Å². The molecule has 1 aromatic rings. The third-order valence-corrected chi connectivity index (χ3v) is 2.46. The monoisotopic (exact) mass is 204 g/mol. The van der Waals surface area contributed by atoms with E-state index in [1.165, 1.54) is 5.56 Å². The number of aromatic hydroxyl groups is 1. The number of rotatable bonds is 4. The summed E-state index contributed by atoms with van der Waals surface area (Å²) in [7, 11) is 0. The van der Waals surface area contributed by atoms with E-state index in [1.807, 2.05) is 19.9 Å². The molecule has 0 atom stereocenters. The molecule has 0 amide bonds. The van der Waals surface area contributed by atoms with Crippen LogP contribution in [0.25, 0.3) is 0 Å². The molecule has 0 saturated carbocycles. The lowest BCUT2D eigenvalue weighted by Crippen LogP contribution is -1.96. The van der Waals surface area contributed by atoms with Gasteiger partial charge in [0.15, 0.2) is 0 Å². The molecular formula is C14H20O. The molecule has 0 heterocycles. The first-order chi connectivity index (χ1) is 7.04. The van der Waals surface area contributed by atoms with Gasteiger partial charge in [0.25, 0.3) is 0 Å². The van der Waals surface area contributed by atoms with Gasteiger partial charge in [-0.25, -0.2) is 0 Å². The van der Waals surface area contributed by atoms with E-state index < -0.39 is 0 Å². The Morgan fingerprint density at radius 1 is 1.40 bits per heavy atom. The molecule has 0 radical (unpaired) electrons. The molecule has 0 aromatic heterocycles. The molecule has 1 rings (SSSR count). The van der Waals surface area contributed by atoms with Gasteiger partial charge in [0.1, 0.15) is 5.75 Å². The second-order valence-corrected chi connectivity index (χ2v) is 4.31. The van der Waals surface area contributed by atoms with Crippen LogP contribution in [0.4, 0.5) is 0 Å². The van der Waals surface area contributed by atoms with E-state index in [2.05, 4.69) is 19.6 Å². The Kier molecular flexibility index (Phi) is 3.96. The fourth-order valence-electron chi connectivity index (χ4n) is 1.87. The normalized spacial score (nSPS) is 10.3. The first kappa shape index (κ1) is 11.8. The number of allylic oxidation sites excluding steroid dienone is 1. The van der Waals surface area contributed by atoms with Crippen LogP contribution in [-0.2, 0) is 12.8 Å². The molecule has 0 bridgehead atoms. The van der Waals surface area contributed by atoms with Gasteiger partial charge < -0.3 is 5.11 Å². The summed E-state index contributed by atoms with van der Waals surface area (Å²) >= 11 is 0. The Morgan fingerprint density at radius 3 is 2.60 bits per heavy atom. The van der Waals surface area contributed by atoms with Crippen molar-refractivity contribution < 1.29 is 5.11 Å². The van der Waals surface area contributed by atoms with Crippen LogP contribution in [0.3, 0.4) is 0 Å². The quantitative estimate of drug-likeness (QED) is 0.740. The summed E-state index contributed by atoms with van der Waals surface area (Å²) in [6.07, 6.45) is 2.91. The van der Waals surface area contributed by atoms with Gasteiger partial charge in [0, 0.05) is 5.56 Å². The van der Waals surface area contributed by atoms with Gasteiger partial charge in [0.2, 0.25) is 0 Å². The summed E-state index contributed by atoms with van der Waals surface area (Å²) in [5.41, 5.74) is 4.53. The van der Waals surface area contributed by atoms with Gasteiger partial charge in [-0.05, 0) is 43.9 Å². The van der Waals surface area contributed by atoms with Crippen molar-refractivity contribution in [3.8, 4) is 5.75 Å². The smallest absolute Gasteiger partial charge is 0.119 e. The highest BCUT2D eigenvalue weighted by Crippen LogP contribution is 2.26. The molecule has 0 fully saturated rings. The van der Waals surface area contributed by atoms with Crippen LogP contribution < -0.4 is 0 Å². The first-order valence-corrected chi connectivity index (χ1v) is 5.50. The van der Waals surface area contributed by atoms with E-state index in [9.17, 15) is 5.11 Å². The average molecular weight is 204 g/mol. The number of phenolic OH excluding ortho intramolecular Hbond substituents is 1. The van der Waals surface area contributed by atoms with Crippen LogP contribution in [0.5, 0.6) is 5.75 Å². The highest BCUT2D eigenvalue weighted by Gasteiger charge is 2.08. The second-order valence-electron chi connectivity index (χ2n) is 4.31. The zero-order valence-corrected chi connectivity index (χ0v) is 9.93. The maximum absolute atomic E-state index is 9.91. The number of phenols is 1. The van der Waals surface area contributed by atoms with Gasteiger partial charge in [-0.15, -0.1) is 0 Å². The largest absolute Gasteiger partial charge is 0.508 e. The number of benzene rings is 1. The van der Waals surface area contributed by atoms with Crippen LogP contribution in [0.1, 0.15) is 37.0 Å². The third-order valence-electron chi connectivity index (χ3n) is 2.46. The predicted molar refractivity (Wildman–Crippen MR) is 65.4 cm³/mol. The molecule has 1 N–H and O–H groups in total. The van der Waals surface area contributed by atoms with E-state index in [1.54, 1.807) is 0 Å². The van der Waals surface area contributed by atoms with Crippen LogP contribution in [-0.4, -0.2) is 5.11 Å². The molecule has 0 aliphatic carbocycles. The van der Waals surface area contributed by atoms with E-state index in [0.29, 0.717) is 5.75 Å². The molecule has 0 spiro atoms. The van der Waals surface area contributed by atoms with Gasteiger partial charge in [-0.1, -0.05) is 31.6 Å². The lowest BCUT2D eigenvalue weighted by molar-refractivity contribution is 0.467. The number of hydrogen-bond acceptors (Lipinski definition) is 1. The van der Waals surface area contributed by atoms with Crippen molar-refractivity contribution in [3.63, 3.8) is 0 Å². The van der Waals surface area contributed by atoms with Crippen molar-refractivity contribution in [2.24, 2.45) is 0 Å². The summed E-state index contributed by atoms with van der Waals surface area (Å²) in [6, 6.07) is 4.00. The molecule has 0 aliphatic heterocycles. The molecule has 1 aromatic carbocycles. The molecule has 0 aliphatic rings. The maximum atomic E-state index is 9.91. The SMILES string of the molecule is C=C(C)Cc1c(O)cc(C)cc1CCC. The maximum Gasteiger partial charge on any atom is 0.119 e. The van der Waals surface area contributed by atoms with Crippen LogP contribution in [0.15, 0.2) is 24.3 Å². The summed E-state index contributed by atoms with van der Waals surface area (Å²) in [5.74, 6) is 0.418. The number of hydrogen-bond donors (Lipinski definition) is 1. The van der Waals surface area contributed by atoms with Crippen molar-refractivity contribution in [2.75, 3.05) is 0 Å². The Morgan fingerprint density at radius 2 is 2.07 bits per heavy atom. The highest BCUT2D eigenvalue weighted by molar-refractivity contribution is 5.44. The fourth-order valence-corrected chi connectivity index (χ4v) is 1.87. The van der Waals surface area contributed by atoms with Crippen molar-refractivity contribution in [1.82, 2.24) is 0 Å². The summed E-state index contributed by atoms with van der Waals surface area (Å²) < 4.78 is 0. The van der Waals surface area contributed by atoms with Crippen molar-refractivity contribution in [1.29, 1.82) is 0 Å². The molecule has 0 saturated heterocycles. The van der Waals surface area contributed by atoms with Gasteiger partial charge in [-0.2, -0.15) is 0 Å². The van der Waals surface area contributed by atoms with Crippen LogP contribution in [0.2, 0.25) is 0 Å². The van der Waals surface area contributed by atoms with E-state index in [-0.39, 0.29) is 0 Å². The van der Waals surface area contributed by atoms with Gasteiger partial charge in [0.05, 0.1) is 0 Å². The van der Waals surface area contributed by atoms with Crippen molar-refractivity contribution in [2.45, 2.75) is 40.0 Å². The Bertz CT molecular complexity index is 364. The zero-order chi connectivity index (χ0) is 11.4. The number of aryl methyl sites for hydroxylation is 2. The average Bonchev–Trinajstić information content (AvgIpc) is 2.11. The van der Waals surface area contributed by atoms with Crippen molar-refractivity contribution in [3.05, 3.63) is 41.0 Å². The standard InChI is InChI=1S/C14H20O/c1-5-6-12-8-11(4)9-14(15)13(12)7-10(2)3/h8-9,15H,2,5-7H2,1,3-4H3. The molecular weight excluding hydrogens is 184 g/mol. The summed E-state index contributed by atoms with van der Waals surface area (Å²) in [6.45, 7) is 10.1.